The molecule has 0 aromatic heterocycles. The molecule has 0 spiro atoms. The Bertz CT molecular complexity index is 1020. The molecule has 8 nitrogen and oxygen atoms in total. The molecule has 1 aliphatic rings. The zero-order valence-electron chi connectivity index (χ0n) is 20.0. The minimum atomic E-state index is -0.287. The number of esters is 1. The van der Waals surface area contributed by atoms with E-state index >= 15 is 0 Å². The van der Waals surface area contributed by atoms with Crippen LogP contribution in [0.4, 0.5) is 0 Å². The van der Waals surface area contributed by atoms with Crippen molar-refractivity contribution in [1.82, 2.24) is 10.6 Å². The van der Waals surface area contributed by atoms with E-state index in [2.05, 4.69) is 10.6 Å². The molecule has 188 valence electrons. The summed E-state index contributed by atoms with van der Waals surface area (Å²) in [5, 5.41) is 6.08. The fraction of sp³-hybridized carbons (Fsp3) is 0.423. The minimum absolute atomic E-state index is 0.0292. The van der Waals surface area contributed by atoms with Gasteiger partial charge < -0.3 is 24.8 Å². The number of carbonyl (C=O) groups is 3. The van der Waals surface area contributed by atoms with Gasteiger partial charge in [-0.2, -0.15) is 0 Å². The molecule has 1 aliphatic carbocycles. The molecule has 0 radical (unpaired) electrons. The molecule has 0 aliphatic heterocycles. The number of carbonyl (C=O) groups excluding carboxylic acids is 3. The summed E-state index contributed by atoms with van der Waals surface area (Å²) in [5.74, 6) is 0.281. The highest BCUT2D eigenvalue weighted by Crippen LogP contribution is 2.33. The Hall–Kier alpha value is -3.26. The Labute approximate surface area is 210 Å². The summed E-state index contributed by atoms with van der Waals surface area (Å²) in [6.07, 6.45) is 2.91. The molecule has 0 bridgehead atoms. The maximum atomic E-state index is 12.5. The predicted molar refractivity (Wildman–Crippen MR) is 132 cm³/mol. The van der Waals surface area contributed by atoms with Gasteiger partial charge in [-0.05, 0) is 75.1 Å². The second-order valence-corrected chi connectivity index (χ2v) is 8.66. The standard InChI is InChI=1S/C26H31ClN2O6/c1-3-34-26(32)18-6-11-21(12-7-18)35-22-13-8-19(16-23(22)33-2)25(31)29-15-14-28-24(30)17-4-9-20(27)10-5-17/h4-5,8-10,13,16,18,21H,3,6-7,11-12,14-15H2,1-2H3,(H,28,30)(H,29,31)/t18-,21+. The number of halogens is 1. The summed E-state index contributed by atoms with van der Waals surface area (Å²) in [5.41, 5.74) is 0.916. The molecule has 2 amide bonds. The molecule has 35 heavy (non-hydrogen) atoms. The van der Waals surface area contributed by atoms with E-state index in [0.29, 0.717) is 34.3 Å². The van der Waals surface area contributed by atoms with E-state index < -0.39 is 0 Å². The molecule has 1 saturated carbocycles. The summed E-state index contributed by atoms with van der Waals surface area (Å²) in [6.45, 7) is 2.75. The van der Waals surface area contributed by atoms with Crippen LogP contribution in [0.5, 0.6) is 11.5 Å². The van der Waals surface area contributed by atoms with Crippen molar-refractivity contribution >= 4 is 29.4 Å². The third kappa shape index (κ3) is 7.62. The van der Waals surface area contributed by atoms with Crippen LogP contribution in [0.2, 0.25) is 5.02 Å². The van der Waals surface area contributed by atoms with E-state index in [4.69, 9.17) is 25.8 Å². The van der Waals surface area contributed by atoms with Gasteiger partial charge in [0.25, 0.3) is 11.8 Å². The van der Waals surface area contributed by atoms with Crippen molar-refractivity contribution in [2.24, 2.45) is 5.92 Å². The van der Waals surface area contributed by atoms with Gasteiger partial charge in [-0.25, -0.2) is 0 Å². The molecular formula is C26H31ClN2O6. The average Bonchev–Trinajstić information content (AvgIpc) is 2.87. The highest BCUT2D eigenvalue weighted by molar-refractivity contribution is 6.30. The molecule has 2 aromatic carbocycles. The SMILES string of the molecule is CCOC(=O)[C@H]1CC[C@@H](Oc2ccc(C(=O)NCCNC(=O)c3ccc(Cl)cc3)cc2OC)CC1. The van der Waals surface area contributed by atoms with Gasteiger partial charge in [0.1, 0.15) is 0 Å². The number of hydrogen-bond donors (Lipinski definition) is 2. The molecule has 0 heterocycles. The van der Waals surface area contributed by atoms with Crippen LogP contribution in [0, 0.1) is 5.92 Å². The quantitative estimate of drug-likeness (QED) is 0.376. The van der Waals surface area contributed by atoms with Crippen LogP contribution in [-0.4, -0.2) is 50.7 Å². The highest BCUT2D eigenvalue weighted by atomic mass is 35.5. The summed E-state index contributed by atoms with van der Waals surface area (Å²) in [7, 11) is 1.52. The van der Waals surface area contributed by atoms with Crippen LogP contribution in [0.3, 0.4) is 0 Å². The first-order valence-electron chi connectivity index (χ1n) is 11.7. The smallest absolute Gasteiger partial charge is 0.308 e. The van der Waals surface area contributed by atoms with Gasteiger partial charge in [0, 0.05) is 29.2 Å². The maximum absolute atomic E-state index is 12.5. The van der Waals surface area contributed by atoms with Crippen molar-refractivity contribution in [1.29, 1.82) is 0 Å². The van der Waals surface area contributed by atoms with Gasteiger partial charge in [-0.3, -0.25) is 14.4 Å². The topological polar surface area (TPSA) is 103 Å². The van der Waals surface area contributed by atoms with Gasteiger partial charge in [0.15, 0.2) is 11.5 Å². The van der Waals surface area contributed by atoms with Crippen LogP contribution >= 0.6 is 11.6 Å². The average molecular weight is 503 g/mol. The van der Waals surface area contributed by atoms with Crippen LogP contribution in [0.25, 0.3) is 0 Å². The number of methoxy groups -OCH3 is 1. The van der Waals surface area contributed by atoms with Gasteiger partial charge in [0.05, 0.1) is 25.7 Å². The Morgan fingerprint density at radius 2 is 1.49 bits per heavy atom. The van der Waals surface area contributed by atoms with Crippen molar-refractivity contribution < 1.29 is 28.6 Å². The van der Waals surface area contributed by atoms with Gasteiger partial charge in [-0.1, -0.05) is 11.6 Å². The number of ether oxygens (including phenoxy) is 3. The summed E-state index contributed by atoms with van der Waals surface area (Å²) < 4.78 is 16.7. The van der Waals surface area contributed by atoms with Crippen molar-refractivity contribution in [2.45, 2.75) is 38.7 Å². The minimum Gasteiger partial charge on any atom is -0.493 e. The van der Waals surface area contributed by atoms with Crippen molar-refractivity contribution in [2.75, 3.05) is 26.8 Å². The number of amides is 2. The first-order chi connectivity index (χ1) is 16.9. The zero-order valence-corrected chi connectivity index (χ0v) is 20.7. The lowest BCUT2D eigenvalue weighted by molar-refractivity contribution is -0.149. The lowest BCUT2D eigenvalue weighted by Gasteiger charge is -2.28. The van der Waals surface area contributed by atoms with Gasteiger partial charge in [0.2, 0.25) is 0 Å². The van der Waals surface area contributed by atoms with Crippen molar-refractivity contribution in [3.05, 3.63) is 58.6 Å². The third-order valence-electron chi connectivity index (χ3n) is 5.82. The van der Waals surface area contributed by atoms with Crippen LogP contribution < -0.4 is 20.1 Å². The number of hydrogen-bond acceptors (Lipinski definition) is 6. The van der Waals surface area contributed by atoms with E-state index in [-0.39, 0.29) is 42.9 Å². The molecule has 0 unspecified atom stereocenters. The summed E-state index contributed by atoms with van der Waals surface area (Å²) in [4.78, 5) is 36.6. The summed E-state index contributed by atoms with van der Waals surface area (Å²) in [6, 6.07) is 11.6. The molecule has 1 fully saturated rings. The highest BCUT2D eigenvalue weighted by Gasteiger charge is 2.28. The van der Waals surface area contributed by atoms with E-state index in [1.165, 1.54) is 7.11 Å². The Kier molecular flexibility index (Phi) is 9.78. The number of benzene rings is 2. The van der Waals surface area contributed by atoms with Crippen LogP contribution in [-0.2, 0) is 9.53 Å². The van der Waals surface area contributed by atoms with Crippen molar-refractivity contribution in [3.8, 4) is 11.5 Å². The van der Waals surface area contributed by atoms with E-state index in [1.807, 2.05) is 6.92 Å². The first kappa shape index (κ1) is 26.3. The molecule has 0 atom stereocenters. The largest absolute Gasteiger partial charge is 0.493 e. The first-order valence-corrected chi connectivity index (χ1v) is 12.1. The van der Waals surface area contributed by atoms with Gasteiger partial charge in [-0.15, -0.1) is 0 Å². The molecule has 9 heteroatoms. The maximum Gasteiger partial charge on any atom is 0.308 e. The Morgan fingerprint density at radius 3 is 2.09 bits per heavy atom. The van der Waals surface area contributed by atoms with E-state index in [1.54, 1.807) is 42.5 Å². The monoisotopic (exact) mass is 502 g/mol. The molecule has 3 rings (SSSR count). The van der Waals surface area contributed by atoms with Crippen molar-refractivity contribution in [3.63, 3.8) is 0 Å². The molecule has 2 N–H and O–H groups in total. The van der Waals surface area contributed by atoms with Crippen LogP contribution in [0.1, 0.15) is 53.3 Å². The van der Waals surface area contributed by atoms with Gasteiger partial charge >= 0.3 is 5.97 Å². The third-order valence-corrected chi connectivity index (χ3v) is 6.07. The summed E-state index contributed by atoms with van der Waals surface area (Å²) >= 11 is 5.83. The number of nitrogens with one attached hydrogen (secondary N) is 2. The second-order valence-electron chi connectivity index (χ2n) is 8.23. The fourth-order valence-corrected chi connectivity index (χ4v) is 4.05. The van der Waals surface area contributed by atoms with Crippen LogP contribution in [0.15, 0.2) is 42.5 Å². The van der Waals surface area contributed by atoms with E-state index in [0.717, 1.165) is 25.7 Å². The lowest BCUT2D eigenvalue weighted by atomic mass is 9.87. The Morgan fingerprint density at radius 1 is 0.886 bits per heavy atom. The predicted octanol–water partition coefficient (Wildman–Crippen LogP) is 4.01. The normalized spacial score (nSPS) is 17.2. The fourth-order valence-electron chi connectivity index (χ4n) is 3.92. The molecule has 0 saturated heterocycles. The lowest BCUT2D eigenvalue weighted by Crippen LogP contribution is -2.34. The second kappa shape index (κ2) is 13.0. The molecular weight excluding hydrogens is 472 g/mol. The van der Waals surface area contributed by atoms with E-state index in [9.17, 15) is 14.4 Å². The zero-order chi connectivity index (χ0) is 25.2. The number of rotatable bonds is 10. The molecule has 2 aromatic rings. The Balaban J connectivity index is 1.46.